The van der Waals surface area contributed by atoms with Gasteiger partial charge in [0.05, 0.1) is 5.56 Å². The number of benzene rings is 1. The molecule has 1 atom stereocenters. The highest BCUT2D eigenvalue weighted by Crippen LogP contribution is 2.44. The van der Waals surface area contributed by atoms with Gasteiger partial charge in [0.1, 0.15) is 4.87 Å². The molecule has 6 heteroatoms. The van der Waals surface area contributed by atoms with Crippen LogP contribution in [0.4, 0.5) is 13.2 Å². The van der Waals surface area contributed by atoms with Gasteiger partial charge >= 0.3 is 6.18 Å². The molecular weight excluding hydrogens is 287 g/mol. The molecule has 0 aromatic heterocycles. The molecule has 0 saturated carbocycles. The number of rotatable bonds is 4. The van der Waals surface area contributed by atoms with E-state index in [-0.39, 0.29) is 6.61 Å². The van der Waals surface area contributed by atoms with Gasteiger partial charge in [0.2, 0.25) is 0 Å². The van der Waals surface area contributed by atoms with Crippen molar-refractivity contribution in [3.8, 4) is 0 Å². The largest absolute Gasteiger partial charge is 0.416 e. The van der Waals surface area contributed by atoms with Crippen LogP contribution in [0.1, 0.15) is 30.9 Å². The van der Waals surface area contributed by atoms with Gasteiger partial charge in [-0.2, -0.15) is 13.2 Å². The number of halogens is 3. The van der Waals surface area contributed by atoms with Crippen LogP contribution in [0, 0.1) is 0 Å². The van der Waals surface area contributed by atoms with Gasteiger partial charge in [-0.3, -0.25) is 0 Å². The highest BCUT2D eigenvalue weighted by Gasteiger charge is 2.36. The third-order valence-electron chi connectivity index (χ3n) is 3.32. The lowest BCUT2D eigenvalue weighted by Crippen LogP contribution is -2.34. The summed E-state index contributed by atoms with van der Waals surface area (Å²) in [6.07, 6.45) is -3.06. The summed E-state index contributed by atoms with van der Waals surface area (Å²) in [5, 5.41) is 14.2. The van der Waals surface area contributed by atoms with Crippen LogP contribution < -0.4 is 5.32 Å². The van der Waals surface area contributed by atoms with E-state index in [1.165, 1.54) is 23.9 Å². The molecule has 1 aliphatic heterocycles. The second kappa shape index (κ2) is 5.69. The van der Waals surface area contributed by atoms with Crippen LogP contribution in [0.15, 0.2) is 35.4 Å². The smallest absolute Gasteiger partial charge is 0.396 e. The molecule has 20 heavy (non-hydrogen) atoms. The van der Waals surface area contributed by atoms with Crippen LogP contribution in [0.2, 0.25) is 0 Å². The molecular formula is C14H16F3NOS. The fourth-order valence-electron chi connectivity index (χ4n) is 2.18. The number of hydrogen-bond donors (Lipinski definition) is 2. The SMILES string of the molecule is CC[C@]1(c2ccc(C(F)(F)F)cc2)NC(CCO)=CS1. The molecule has 110 valence electrons. The standard InChI is InChI=1S/C14H16F3NOS/c1-2-13(18-12(7-8-19)9-20-13)10-3-5-11(6-4-10)14(15,16)17/h3-6,9,18-19H,2,7-8H2,1H3/t13-/m0/s1. The first-order chi connectivity index (χ1) is 9.41. The van der Waals surface area contributed by atoms with E-state index in [2.05, 4.69) is 5.32 Å². The van der Waals surface area contributed by atoms with E-state index >= 15 is 0 Å². The van der Waals surface area contributed by atoms with Crippen LogP contribution in [0.5, 0.6) is 0 Å². The number of alkyl halides is 3. The Morgan fingerprint density at radius 3 is 2.40 bits per heavy atom. The van der Waals surface area contributed by atoms with Crippen LogP contribution in [-0.2, 0) is 11.0 Å². The summed E-state index contributed by atoms with van der Waals surface area (Å²) in [7, 11) is 0. The van der Waals surface area contributed by atoms with Gasteiger partial charge in [0.25, 0.3) is 0 Å². The van der Waals surface area contributed by atoms with Gasteiger partial charge in [-0.25, -0.2) is 0 Å². The maximum absolute atomic E-state index is 12.6. The second-order valence-electron chi connectivity index (χ2n) is 4.62. The fraction of sp³-hybridized carbons (Fsp3) is 0.429. The van der Waals surface area contributed by atoms with E-state index < -0.39 is 16.6 Å². The quantitative estimate of drug-likeness (QED) is 0.886. The van der Waals surface area contributed by atoms with Crippen molar-refractivity contribution in [2.45, 2.75) is 30.8 Å². The molecule has 0 bridgehead atoms. The molecule has 0 fully saturated rings. The first kappa shape index (κ1) is 15.3. The summed E-state index contributed by atoms with van der Waals surface area (Å²) in [5.74, 6) is 0. The third-order valence-corrected chi connectivity index (χ3v) is 4.75. The maximum Gasteiger partial charge on any atom is 0.416 e. The lowest BCUT2D eigenvalue weighted by atomic mass is 10.0. The van der Waals surface area contributed by atoms with E-state index in [1.54, 1.807) is 0 Å². The Kier molecular flexibility index (Phi) is 4.34. The van der Waals surface area contributed by atoms with Gasteiger partial charge in [0, 0.05) is 18.7 Å². The molecule has 0 amide bonds. The minimum Gasteiger partial charge on any atom is -0.396 e. The van der Waals surface area contributed by atoms with Crippen molar-refractivity contribution in [2.75, 3.05) is 6.61 Å². The summed E-state index contributed by atoms with van der Waals surface area (Å²) in [5.41, 5.74) is 1.08. The predicted octanol–water partition coefficient (Wildman–Crippen LogP) is 3.83. The Labute approximate surface area is 120 Å². The Morgan fingerprint density at radius 1 is 1.25 bits per heavy atom. The molecule has 0 unspecified atom stereocenters. The fourth-order valence-corrected chi connectivity index (χ4v) is 3.33. The average molecular weight is 303 g/mol. The number of aliphatic hydroxyl groups excluding tert-OH is 1. The van der Waals surface area contributed by atoms with Crippen molar-refractivity contribution < 1.29 is 18.3 Å². The number of nitrogens with one attached hydrogen (secondary N) is 1. The van der Waals surface area contributed by atoms with E-state index in [0.717, 1.165) is 29.8 Å². The molecule has 1 aromatic rings. The van der Waals surface area contributed by atoms with Crippen LogP contribution in [0.3, 0.4) is 0 Å². The predicted molar refractivity (Wildman–Crippen MR) is 73.9 cm³/mol. The topological polar surface area (TPSA) is 32.3 Å². The monoisotopic (exact) mass is 303 g/mol. The molecule has 1 aliphatic rings. The zero-order valence-corrected chi connectivity index (χ0v) is 11.8. The van der Waals surface area contributed by atoms with Gasteiger partial charge < -0.3 is 10.4 Å². The molecule has 0 radical (unpaired) electrons. The van der Waals surface area contributed by atoms with E-state index in [0.29, 0.717) is 6.42 Å². The Hall–Kier alpha value is -1.14. The minimum atomic E-state index is -4.31. The van der Waals surface area contributed by atoms with Crippen LogP contribution in [0.25, 0.3) is 0 Å². The molecule has 0 spiro atoms. The normalized spacial score (nSPS) is 22.6. The molecule has 2 N–H and O–H groups in total. The summed E-state index contributed by atoms with van der Waals surface area (Å²) in [6, 6.07) is 5.25. The van der Waals surface area contributed by atoms with E-state index in [1.807, 2.05) is 12.3 Å². The molecule has 1 heterocycles. The van der Waals surface area contributed by atoms with Crippen LogP contribution in [-0.4, -0.2) is 11.7 Å². The molecule has 0 aliphatic carbocycles. The number of aliphatic hydroxyl groups is 1. The third kappa shape index (κ3) is 2.96. The van der Waals surface area contributed by atoms with Crippen molar-refractivity contribution in [2.24, 2.45) is 0 Å². The second-order valence-corrected chi connectivity index (χ2v) is 5.78. The van der Waals surface area contributed by atoms with Gasteiger partial charge in [0.15, 0.2) is 0 Å². The van der Waals surface area contributed by atoms with E-state index in [4.69, 9.17) is 5.11 Å². The highest BCUT2D eigenvalue weighted by atomic mass is 32.2. The van der Waals surface area contributed by atoms with Gasteiger partial charge in [-0.05, 0) is 29.5 Å². The van der Waals surface area contributed by atoms with Crippen LogP contribution >= 0.6 is 11.8 Å². The average Bonchev–Trinajstić information content (AvgIpc) is 2.83. The van der Waals surface area contributed by atoms with Crippen molar-refractivity contribution in [3.63, 3.8) is 0 Å². The molecule has 0 saturated heterocycles. The minimum absolute atomic E-state index is 0.0478. The Balaban J connectivity index is 2.22. The first-order valence-electron chi connectivity index (χ1n) is 6.35. The Bertz CT molecular complexity index is 498. The lowest BCUT2D eigenvalue weighted by Gasteiger charge is -2.30. The zero-order chi connectivity index (χ0) is 14.8. The van der Waals surface area contributed by atoms with E-state index in [9.17, 15) is 13.2 Å². The van der Waals surface area contributed by atoms with Crippen molar-refractivity contribution in [1.29, 1.82) is 0 Å². The summed E-state index contributed by atoms with van der Waals surface area (Å²) >= 11 is 1.54. The van der Waals surface area contributed by atoms with Crippen molar-refractivity contribution in [3.05, 3.63) is 46.5 Å². The zero-order valence-electron chi connectivity index (χ0n) is 11.0. The van der Waals surface area contributed by atoms with Crippen molar-refractivity contribution >= 4 is 11.8 Å². The summed E-state index contributed by atoms with van der Waals surface area (Å²) in [4.78, 5) is -0.436. The molecule has 2 rings (SSSR count). The summed E-state index contributed by atoms with van der Waals surface area (Å²) in [6.45, 7) is 2.03. The highest BCUT2D eigenvalue weighted by molar-refractivity contribution is 8.03. The molecule has 1 aromatic carbocycles. The Morgan fingerprint density at radius 2 is 1.90 bits per heavy atom. The number of hydrogen-bond acceptors (Lipinski definition) is 3. The van der Waals surface area contributed by atoms with Gasteiger partial charge in [-0.15, -0.1) is 0 Å². The maximum atomic E-state index is 12.6. The van der Waals surface area contributed by atoms with Gasteiger partial charge in [-0.1, -0.05) is 30.8 Å². The number of thioether (sulfide) groups is 1. The first-order valence-corrected chi connectivity index (χ1v) is 7.23. The molecule has 2 nitrogen and oxygen atoms in total. The lowest BCUT2D eigenvalue weighted by molar-refractivity contribution is -0.137. The summed E-state index contributed by atoms with van der Waals surface area (Å²) < 4.78 is 37.7. The van der Waals surface area contributed by atoms with Crippen molar-refractivity contribution in [1.82, 2.24) is 5.32 Å².